The van der Waals surface area contributed by atoms with E-state index in [2.05, 4.69) is 23.3 Å². The molecule has 0 bridgehead atoms. The van der Waals surface area contributed by atoms with E-state index in [1.54, 1.807) is 18.4 Å². The molecule has 1 aromatic carbocycles. The van der Waals surface area contributed by atoms with Gasteiger partial charge in [0.1, 0.15) is 17.6 Å². The van der Waals surface area contributed by atoms with Crippen molar-refractivity contribution in [1.29, 1.82) is 0 Å². The molecule has 6 nitrogen and oxygen atoms in total. The minimum absolute atomic E-state index is 0.00422. The molecule has 1 amide bonds. The van der Waals surface area contributed by atoms with Crippen LogP contribution < -0.4 is 4.74 Å². The first-order valence-corrected chi connectivity index (χ1v) is 11.4. The fourth-order valence-electron chi connectivity index (χ4n) is 4.42. The monoisotopic (exact) mass is 435 g/mol. The lowest BCUT2D eigenvalue weighted by atomic mass is 10.0. The number of amides is 1. The highest BCUT2D eigenvalue weighted by Gasteiger charge is 2.36. The van der Waals surface area contributed by atoms with Crippen molar-refractivity contribution in [2.75, 3.05) is 20.2 Å². The zero-order chi connectivity index (χ0) is 21.4. The Labute approximate surface area is 185 Å². The number of methoxy groups -OCH3 is 1. The van der Waals surface area contributed by atoms with E-state index >= 15 is 0 Å². The first-order valence-electron chi connectivity index (χ1n) is 10.5. The Bertz CT molecular complexity index is 1090. The van der Waals surface area contributed by atoms with Gasteiger partial charge in [-0.1, -0.05) is 0 Å². The van der Waals surface area contributed by atoms with Crippen LogP contribution in [-0.2, 0) is 11.2 Å². The summed E-state index contributed by atoms with van der Waals surface area (Å²) in [6, 6.07) is 13.8. The molecule has 0 saturated carbocycles. The highest BCUT2D eigenvalue weighted by molar-refractivity contribution is 7.10. The van der Waals surface area contributed by atoms with Crippen LogP contribution >= 0.6 is 11.3 Å². The molecule has 2 aliphatic rings. The van der Waals surface area contributed by atoms with Crippen molar-refractivity contribution in [2.24, 2.45) is 5.10 Å². The van der Waals surface area contributed by atoms with E-state index in [4.69, 9.17) is 14.3 Å². The molecule has 7 heteroatoms. The van der Waals surface area contributed by atoms with E-state index in [0.29, 0.717) is 13.0 Å². The van der Waals surface area contributed by atoms with Crippen LogP contribution in [0.4, 0.5) is 0 Å². The Morgan fingerprint density at radius 2 is 2.10 bits per heavy atom. The number of hydrogen-bond acceptors (Lipinski definition) is 6. The van der Waals surface area contributed by atoms with Crippen LogP contribution in [0.2, 0.25) is 0 Å². The van der Waals surface area contributed by atoms with E-state index in [1.165, 1.54) is 10.4 Å². The summed E-state index contributed by atoms with van der Waals surface area (Å²) in [5.41, 5.74) is 3.21. The Hall–Kier alpha value is -2.90. The number of carbonyl (C=O) groups is 1. The Morgan fingerprint density at radius 1 is 1.26 bits per heavy atom. The summed E-state index contributed by atoms with van der Waals surface area (Å²) in [5.74, 6) is 1.55. The number of fused-ring (bicyclic) bond motifs is 1. The second kappa shape index (κ2) is 8.32. The summed E-state index contributed by atoms with van der Waals surface area (Å²) in [6.45, 7) is 3.40. The van der Waals surface area contributed by atoms with Gasteiger partial charge in [-0.3, -0.25) is 9.69 Å². The molecule has 0 fully saturated rings. The van der Waals surface area contributed by atoms with Crippen molar-refractivity contribution < 1.29 is 13.9 Å². The molecule has 2 atom stereocenters. The van der Waals surface area contributed by atoms with Gasteiger partial charge in [0.2, 0.25) is 0 Å². The van der Waals surface area contributed by atoms with Crippen molar-refractivity contribution in [3.05, 3.63) is 75.9 Å². The van der Waals surface area contributed by atoms with E-state index in [0.717, 1.165) is 35.8 Å². The number of carbonyl (C=O) groups excluding carboxylic acids is 1. The molecule has 4 heterocycles. The van der Waals surface area contributed by atoms with Gasteiger partial charge in [0.25, 0.3) is 5.91 Å². The summed E-state index contributed by atoms with van der Waals surface area (Å²) >= 11 is 1.81. The molecule has 0 radical (unpaired) electrons. The third-order valence-electron chi connectivity index (χ3n) is 6.20. The molecule has 0 spiro atoms. The third-order valence-corrected chi connectivity index (χ3v) is 7.20. The van der Waals surface area contributed by atoms with Crippen LogP contribution in [0.15, 0.2) is 63.6 Å². The van der Waals surface area contributed by atoms with Gasteiger partial charge in [0.05, 0.1) is 25.6 Å². The highest BCUT2D eigenvalue weighted by Crippen LogP contribution is 2.36. The number of hydrazone groups is 1. The minimum Gasteiger partial charge on any atom is -0.497 e. The first kappa shape index (κ1) is 20.0. The van der Waals surface area contributed by atoms with E-state index < -0.39 is 0 Å². The second-order valence-electron chi connectivity index (χ2n) is 7.94. The van der Waals surface area contributed by atoms with E-state index in [-0.39, 0.29) is 18.0 Å². The maximum absolute atomic E-state index is 13.4. The normalized spacial score (nSPS) is 21.1. The second-order valence-corrected chi connectivity index (χ2v) is 8.95. The molecule has 160 valence electrons. The average molecular weight is 436 g/mol. The van der Waals surface area contributed by atoms with Crippen LogP contribution in [-0.4, -0.2) is 41.7 Å². The first-order chi connectivity index (χ1) is 15.1. The molecule has 0 saturated heterocycles. The minimum atomic E-state index is -0.226. The highest BCUT2D eigenvalue weighted by atomic mass is 32.1. The van der Waals surface area contributed by atoms with Crippen molar-refractivity contribution >= 4 is 23.0 Å². The van der Waals surface area contributed by atoms with Crippen LogP contribution in [0.25, 0.3) is 0 Å². The van der Waals surface area contributed by atoms with E-state index in [9.17, 15) is 4.79 Å². The molecule has 5 rings (SSSR count). The molecular weight excluding hydrogens is 410 g/mol. The molecular formula is C24H25N3O3S. The standard InChI is InChI=1S/C24H25N3O3S/c1-16-19-10-13-31-23(19)9-11-26(16)15-24(28)27-21(22-4-3-12-30-22)14-20(25-27)17-5-7-18(29-2)8-6-17/h3-8,10,12-13,16,21H,9,11,14-15H2,1-2H3/t16-,21-/m1/s1. The summed E-state index contributed by atoms with van der Waals surface area (Å²) in [7, 11) is 1.65. The number of rotatable bonds is 5. The van der Waals surface area contributed by atoms with Gasteiger partial charge in [0.15, 0.2) is 0 Å². The van der Waals surface area contributed by atoms with Gasteiger partial charge >= 0.3 is 0 Å². The van der Waals surface area contributed by atoms with Gasteiger partial charge in [-0.05, 0) is 72.3 Å². The number of hydrogen-bond donors (Lipinski definition) is 0. The summed E-state index contributed by atoms with van der Waals surface area (Å²) in [5, 5.41) is 8.51. The fraction of sp³-hybridized carbons (Fsp3) is 0.333. The lowest BCUT2D eigenvalue weighted by Gasteiger charge is -2.34. The molecule has 3 aromatic rings. The largest absolute Gasteiger partial charge is 0.497 e. The lowest BCUT2D eigenvalue weighted by molar-refractivity contribution is -0.135. The Balaban J connectivity index is 1.38. The summed E-state index contributed by atoms with van der Waals surface area (Å²) in [4.78, 5) is 17.1. The van der Waals surface area contributed by atoms with Crippen LogP contribution in [0.5, 0.6) is 5.75 Å². The van der Waals surface area contributed by atoms with Crippen molar-refractivity contribution in [3.8, 4) is 5.75 Å². The van der Waals surface area contributed by atoms with E-state index in [1.807, 2.05) is 47.7 Å². The fourth-order valence-corrected chi connectivity index (χ4v) is 5.39. The number of benzene rings is 1. The zero-order valence-electron chi connectivity index (χ0n) is 17.7. The molecule has 0 aliphatic carbocycles. The maximum atomic E-state index is 13.4. The van der Waals surface area contributed by atoms with Crippen molar-refractivity contribution in [1.82, 2.24) is 9.91 Å². The smallest absolute Gasteiger partial charge is 0.257 e. The number of nitrogens with zero attached hydrogens (tertiary/aromatic N) is 3. The van der Waals surface area contributed by atoms with Gasteiger partial charge < -0.3 is 9.15 Å². The van der Waals surface area contributed by atoms with Crippen LogP contribution in [0, 0.1) is 0 Å². The van der Waals surface area contributed by atoms with Gasteiger partial charge in [-0.15, -0.1) is 11.3 Å². The van der Waals surface area contributed by atoms with Crippen molar-refractivity contribution in [2.45, 2.75) is 31.8 Å². The SMILES string of the molecule is COc1ccc(C2=NN(C(=O)CN3CCc4sccc4[C@H]3C)[C@@H](c3ccco3)C2)cc1. The summed E-state index contributed by atoms with van der Waals surface area (Å²) in [6.07, 6.45) is 3.26. The average Bonchev–Trinajstić information content (AvgIpc) is 3.55. The molecule has 2 aromatic heterocycles. The number of thiophene rings is 1. The predicted octanol–water partition coefficient (Wildman–Crippen LogP) is 4.65. The Kier molecular flexibility index (Phi) is 5.38. The number of ether oxygens (including phenoxy) is 1. The molecule has 0 N–H and O–H groups in total. The van der Waals surface area contributed by atoms with Crippen LogP contribution in [0.3, 0.4) is 0 Å². The van der Waals surface area contributed by atoms with Crippen molar-refractivity contribution in [3.63, 3.8) is 0 Å². The predicted molar refractivity (Wildman–Crippen MR) is 120 cm³/mol. The summed E-state index contributed by atoms with van der Waals surface area (Å²) < 4.78 is 10.9. The van der Waals surface area contributed by atoms with Gasteiger partial charge in [0, 0.05) is 23.9 Å². The lowest BCUT2D eigenvalue weighted by Crippen LogP contribution is -2.42. The third kappa shape index (κ3) is 3.79. The molecule has 0 unspecified atom stereocenters. The molecule has 31 heavy (non-hydrogen) atoms. The molecule has 2 aliphatic heterocycles. The maximum Gasteiger partial charge on any atom is 0.257 e. The van der Waals surface area contributed by atoms with Gasteiger partial charge in [-0.2, -0.15) is 5.10 Å². The quantitative estimate of drug-likeness (QED) is 0.586. The van der Waals surface area contributed by atoms with Crippen LogP contribution in [0.1, 0.15) is 47.2 Å². The van der Waals surface area contributed by atoms with Gasteiger partial charge in [-0.25, -0.2) is 5.01 Å². The number of furan rings is 1. The zero-order valence-corrected chi connectivity index (χ0v) is 18.5. The topological polar surface area (TPSA) is 58.3 Å². The Morgan fingerprint density at radius 3 is 2.84 bits per heavy atom.